The average Bonchev–Trinajstić information content (AvgIpc) is 2.48. The number of carboxylic acid groups (broad SMARTS) is 1. The van der Waals surface area contributed by atoms with E-state index < -0.39 is 5.97 Å². The van der Waals surface area contributed by atoms with Crippen LogP contribution in [0.3, 0.4) is 0 Å². The van der Waals surface area contributed by atoms with Crippen LogP contribution in [0.25, 0.3) is 0 Å². The highest BCUT2D eigenvalue weighted by Gasteiger charge is 2.10. The van der Waals surface area contributed by atoms with E-state index in [1.807, 2.05) is 30.3 Å². The molecule has 0 bridgehead atoms. The van der Waals surface area contributed by atoms with Gasteiger partial charge < -0.3 is 20.8 Å². The largest absolute Gasteiger partial charge is 0.507 e. The first kappa shape index (κ1) is 14.8. The minimum absolute atomic E-state index is 0.175. The summed E-state index contributed by atoms with van der Waals surface area (Å²) in [6, 6.07) is 13.9. The van der Waals surface area contributed by atoms with Gasteiger partial charge in [-0.05, 0) is 36.0 Å². The van der Waals surface area contributed by atoms with E-state index in [-0.39, 0.29) is 11.3 Å². The van der Waals surface area contributed by atoms with Crippen molar-refractivity contribution in [3.8, 4) is 5.75 Å². The van der Waals surface area contributed by atoms with Gasteiger partial charge in [-0.1, -0.05) is 30.3 Å². The van der Waals surface area contributed by atoms with Crippen molar-refractivity contribution < 1.29 is 15.0 Å². The number of anilines is 1. The van der Waals surface area contributed by atoms with Crippen LogP contribution in [0.1, 0.15) is 15.9 Å². The number of phenols is 1. The number of nitrogens with one attached hydrogen (secondary N) is 2. The minimum atomic E-state index is -1.20. The number of aromatic hydroxyl groups is 1. The SMILES string of the molecule is O=C(O)c1cc(NC(=S)NCc2ccccc2)ccc1O. The van der Waals surface area contributed by atoms with E-state index in [0.29, 0.717) is 17.3 Å². The summed E-state index contributed by atoms with van der Waals surface area (Å²) in [6.45, 7) is 0.566. The lowest BCUT2D eigenvalue weighted by Gasteiger charge is -2.11. The summed E-state index contributed by atoms with van der Waals surface area (Å²) in [5.41, 5.74) is 1.40. The van der Waals surface area contributed by atoms with Crippen LogP contribution in [-0.4, -0.2) is 21.3 Å². The first-order valence-corrected chi connectivity index (χ1v) is 6.62. The van der Waals surface area contributed by atoms with Crippen molar-refractivity contribution in [3.63, 3.8) is 0 Å². The number of carboxylic acids is 1. The van der Waals surface area contributed by atoms with Gasteiger partial charge in [0.25, 0.3) is 0 Å². The molecule has 2 aromatic carbocycles. The summed E-state index contributed by atoms with van der Waals surface area (Å²) in [4.78, 5) is 10.9. The van der Waals surface area contributed by atoms with E-state index in [1.165, 1.54) is 12.1 Å². The topological polar surface area (TPSA) is 81.6 Å². The Labute approximate surface area is 127 Å². The van der Waals surface area contributed by atoms with Gasteiger partial charge in [0, 0.05) is 12.2 Å². The summed E-state index contributed by atoms with van der Waals surface area (Å²) in [6.07, 6.45) is 0. The molecule has 0 amide bonds. The number of rotatable bonds is 4. The maximum Gasteiger partial charge on any atom is 0.339 e. The second-order valence-corrected chi connectivity index (χ2v) is 4.74. The third-order valence-corrected chi connectivity index (χ3v) is 3.03. The number of aromatic carboxylic acids is 1. The van der Waals surface area contributed by atoms with Crippen LogP contribution in [0.4, 0.5) is 5.69 Å². The summed E-state index contributed by atoms with van der Waals surface area (Å²) >= 11 is 5.14. The molecule has 0 spiro atoms. The first-order chi connectivity index (χ1) is 10.1. The molecule has 0 aliphatic carbocycles. The summed E-state index contributed by atoms with van der Waals surface area (Å²) in [5, 5.41) is 24.7. The van der Waals surface area contributed by atoms with Crippen LogP contribution in [0, 0.1) is 0 Å². The molecule has 0 aliphatic rings. The standard InChI is InChI=1S/C15H14N2O3S/c18-13-7-6-11(8-12(13)14(19)20)17-15(21)16-9-10-4-2-1-3-5-10/h1-8,18H,9H2,(H,19,20)(H2,16,17,21). The number of thiocarbonyl (C=S) groups is 1. The molecule has 0 fully saturated rings. The zero-order valence-corrected chi connectivity index (χ0v) is 11.9. The van der Waals surface area contributed by atoms with Crippen molar-refractivity contribution in [2.75, 3.05) is 5.32 Å². The van der Waals surface area contributed by atoms with Crippen molar-refractivity contribution in [1.82, 2.24) is 5.32 Å². The molecule has 5 nitrogen and oxygen atoms in total. The maximum atomic E-state index is 10.9. The first-order valence-electron chi connectivity index (χ1n) is 6.21. The van der Waals surface area contributed by atoms with Gasteiger partial charge in [-0.2, -0.15) is 0 Å². The Morgan fingerprint density at radius 2 is 1.86 bits per heavy atom. The molecule has 0 aromatic heterocycles. The monoisotopic (exact) mass is 302 g/mol. The third kappa shape index (κ3) is 4.19. The van der Waals surface area contributed by atoms with Crippen LogP contribution in [0.15, 0.2) is 48.5 Å². The van der Waals surface area contributed by atoms with Crippen LogP contribution in [0.5, 0.6) is 5.75 Å². The maximum absolute atomic E-state index is 10.9. The smallest absolute Gasteiger partial charge is 0.339 e. The predicted octanol–water partition coefficient (Wildman–Crippen LogP) is 2.58. The Morgan fingerprint density at radius 1 is 1.14 bits per heavy atom. The van der Waals surface area contributed by atoms with Gasteiger partial charge in [-0.15, -0.1) is 0 Å². The molecule has 0 heterocycles. The van der Waals surface area contributed by atoms with Crippen molar-refractivity contribution in [2.45, 2.75) is 6.54 Å². The van der Waals surface area contributed by atoms with Gasteiger partial charge in [0.2, 0.25) is 0 Å². The van der Waals surface area contributed by atoms with Crippen LogP contribution < -0.4 is 10.6 Å². The van der Waals surface area contributed by atoms with Crippen LogP contribution in [0.2, 0.25) is 0 Å². The predicted molar refractivity (Wildman–Crippen MR) is 84.6 cm³/mol. The van der Waals surface area contributed by atoms with E-state index >= 15 is 0 Å². The Kier molecular flexibility index (Phi) is 4.73. The average molecular weight is 302 g/mol. The zero-order chi connectivity index (χ0) is 15.2. The number of benzene rings is 2. The molecule has 0 saturated heterocycles. The van der Waals surface area contributed by atoms with Gasteiger partial charge in [0.15, 0.2) is 5.11 Å². The molecule has 0 aliphatic heterocycles. The minimum Gasteiger partial charge on any atom is -0.507 e. The zero-order valence-electron chi connectivity index (χ0n) is 11.0. The highest BCUT2D eigenvalue weighted by Crippen LogP contribution is 2.21. The molecular formula is C15H14N2O3S. The molecule has 6 heteroatoms. The number of hydrogen-bond donors (Lipinski definition) is 4. The highest BCUT2D eigenvalue weighted by molar-refractivity contribution is 7.80. The number of carbonyl (C=O) groups is 1. The van der Waals surface area contributed by atoms with E-state index in [4.69, 9.17) is 17.3 Å². The van der Waals surface area contributed by atoms with Crippen LogP contribution >= 0.6 is 12.2 Å². The fraction of sp³-hybridized carbons (Fsp3) is 0.0667. The summed E-state index contributed by atoms with van der Waals surface area (Å²) < 4.78 is 0. The fourth-order valence-corrected chi connectivity index (χ4v) is 1.93. The van der Waals surface area contributed by atoms with Gasteiger partial charge in [0.1, 0.15) is 11.3 Å². The van der Waals surface area contributed by atoms with E-state index in [0.717, 1.165) is 5.56 Å². The summed E-state index contributed by atoms with van der Waals surface area (Å²) in [5.74, 6) is -1.48. The van der Waals surface area contributed by atoms with Gasteiger partial charge in [0.05, 0.1) is 0 Å². The lowest BCUT2D eigenvalue weighted by Crippen LogP contribution is -2.27. The van der Waals surface area contributed by atoms with E-state index in [1.54, 1.807) is 6.07 Å². The molecular weight excluding hydrogens is 288 g/mol. The van der Waals surface area contributed by atoms with Gasteiger partial charge in [-0.3, -0.25) is 0 Å². The second-order valence-electron chi connectivity index (χ2n) is 4.33. The van der Waals surface area contributed by atoms with Crippen molar-refractivity contribution in [1.29, 1.82) is 0 Å². The van der Waals surface area contributed by atoms with Crippen molar-refractivity contribution >= 4 is 29.0 Å². The molecule has 108 valence electrons. The van der Waals surface area contributed by atoms with Crippen molar-refractivity contribution in [3.05, 3.63) is 59.7 Å². The lowest BCUT2D eigenvalue weighted by atomic mass is 10.2. The molecule has 0 atom stereocenters. The van der Waals surface area contributed by atoms with E-state index in [2.05, 4.69) is 10.6 Å². The fourth-order valence-electron chi connectivity index (χ4n) is 1.74. The van der Waals surface area contributed by atoms with Crippen molar-refractivity contribution in [2.24, 2.45) is 0 Å². The quantitative estimate of drug-likeness (QED) is 0.513. The normalized spacial score (nSPS) is 9.90. The van der Waals surface area contributed by atoms with E-state index in [9.17, 15) is 9.90 Å². The van der Waals surface area contributed by atoms with Crippen LogP contribution in [-0.2, 0) is 6.54 Å². The summed E-state index contributed by atoms with van der Waals surface area (Å²) in [7, 11) is 0. The number of hydrogen-bond acceptors (Lipinski definition) is 3. The Bertz CT molecular complexity index is 659. The third-order valence-electron chi connectivity index (χ3n) is 2.78. The molecule has 0 unspecified atom stereocenters. The Morgan fingerprint density at radius 3 is 2.52 bits per heavy atom. The molecule has 4 N–H and O–H groups in total. The highest BCUT2D eigenvalue weighted by atomic mass is 32.1. The molecule has 0 saturated carbocycles. The second kappa shape index (κ2) is 6.71. The molecule has 0 radical (unpaired) electrons. The Balaban J connectivity index is 1.97. The molecule has 2 rings (SSSR count). The van der Waals surface area contributed by atoms with Gasteiger partial charge >= 0.3 is 5.97 Å². The lowest BCUT2D eigenvalue weighted by molar-refractivity contribution is 0.0694. The van der Waals surface area contributed by atoms with Gasteiger partial charge in [-0.25, -0.2) is 4.79 Å². The molecule has 2 aromatic rings. The Hall–Kier alpha value is -2.60. The molecule has 21 heavy (non-hydrogen) atoms.